The first kappa shape index (κ1) is 18.2. The van der Waals surface area contributed by atoms with Crippen LogP contribution < -0.4 is 4.90 Å². The van der Waals surface area contributed by atoms with Crippen LogP contribution in [-0.2, 0) is 0 Å². The standard InChI is InChI=1S/C25H21N3O2/c1-16-8-4-6-10-19(16)26(2)23-21(28-15-14-17-9-5-7-11-20(17)28)13-12-18-22(23)25(30)27(3)24(18)29/h4-15H,1-3H3. The number of imide groups is 1. The van der Waals surface area contributed by atoms with Crippen LogP contribution in [0, 0.1) is 6.92 Å². The fourth-order valence-corrected chi connectivity index (χ4v) is 4.30. The summed E-state index contributed by atoms with van der Waals surface area (Å²) in [6.45, 7) is 2.04. The van der Waals surface area contributed by atoms with Gasteiger partial charge in [0.25, 0.3) is 11.8 Å². The molecular formula is C25H21N3O2. The summed E-state index contributed by atoms with van der Waals surface area (Å²) in [4.78, 5) is 29.0. The van der Waals surface area contributed by atoms with E-state index < -0.39 is 0 Å². The number of fused-ring (bicyclic) bond motifs is 2. The average molecular weight is 395 g/mol. The van der Waals surface area contributed by atoms with E-state index in [0.717, 1.165) is 33.5 Å². The molecule has 5 nitrogen and oxygen atoms in total. The Morgan fingerprint density at radius 1 is 0.833 bits per heavy atom. The van der Waals surface area contributed by atoms with Crippen molar-refractivity contribution in [1.82, 2.24) is 9.47 Å². The summed E-state index contributed by atoms with van der Waals surface area (Å²) >= 11 is 0. The Kier molecular flexibility index (Phi) is 4.00. The Balaban J connectivity index is 1.84. The second kappa shape index (κ2) is 6.59. The van der Waals surface area contributed by atoms with Gasteiger partial charge in [0.1, 0.15) is 0 Å². The van der Waals surface area contributed by atoms with Gasteiger partial charge in [-0.2, -0.15) is 0 Å². The number of aryl methyl sites for hydroxylation is 1. The van der Waals surface area contributed by atoms with Gasteiger partial charge in [-0.15, -0.1) is 0 Å². The second-order valence-electron chi connectivity index (χ2n) is 7.62. The van der Waals surface area contributed by atoms with Crippen molar-refractivity contribution in [2.75, 3.05) is 19.0 Å². The monoisotopic (exact) mass is 395 g/mol. The predicted octanol–water partition coefficient (Wildman–Crippen LogP) is 4.93. The molecule has 0 bridgehead atoms. The van der Waals surface area contributed by atoms with Crippen LogP contribution in [0.3, 0.4) is 0 Å². The molecule has 0 spiro atoms. The Hall–Kier alpha value is -3.86. The molecule has 2 heterocycles. The lowest BCUT2D eigenvalue weighted by molar-refractivity contribution is 0.0693. The van der Waals surface area contributed by atoms with Crippen LogP contribution in [0.5, 0.6) is 0 Å². The maximum atomic E-state index is 13.1. The van der Waals surface area contributed by atoms with Gasteiger partial charge in [0.05, 0.1) is 28.0 Å². The van der Waals surface area contributed by atoms with Crippen LogP contribution in [0.2, 0.25) is 0 Å². The Bertz CT molecular complexity index is 1340. The lowest BCUT2D eigenvalue weighted by atomic mass is 10.0. The van der Waals surface area contributed by atoms with E-state index in [1.807, 2.05) is 67.5 Å². The Morgan fingerprint density at radius 2 is 1.57 bits per heavy atom. The molecule has 2 amide bonds. The highest BCUT2D eigenvalue weighted by atomic mass is 16.2. The molecular weight excluding hydrogens is 374 g/mol. The van der Waals surface area contributed by atoms with Gasteiger partial charge in [-0.05, 0) is 48.2 Å². The van der Waals surface area contributed by atoms with E-state index in [2.05, 4.69) is 22.8 Å². The summed E-state index contributed by atoms with van der Waals surface area (Å²) < 4.78 is 2.08. The lowest BCUT2D eigenvalue weighted by Crippen LogP contribution is -2.25. The third kappa shape index (κ3) is 2.48. The number of carbonyl (C=O) groups is 2. The SMILES string of the molecule is Cc1ccccc1N(C)c1c(-n2ccc3ccccc32)ccc2c1C(=O)N(C)C2=O. The number of aromatic nitrogens is 1. The molecule has 0 N–H and O–H groups in total. The fraction of sp³-hybridized carbons (Fsp3) is 0.120. The van der Waals surface area contributed by atoms with E-state index in [9.17, 15) is 9.59 Å². The van der Waals surface area contributed by atoms with Crippen LogP contribution in [0.4, 0.5) is 11.4 Å². The summed E-state index contributed by atoms with van der Waals surface area (Å²) in [6.07, 6.45) is 2.01. The predicted molar refractivity (Wildman–Crippen MR) is 119 cm³/mol. The van der Waals surface area contributed by atoms with E-state index in [4.69, 9.17) is 0 Å². The quantitative estimate of drug-likeness (QED) is 0.462. The summed E-state index contributed by atoms with van der Waals surface area (Å²) in [5, 5.41) is 1.11. The molecule has 0 aliphatic carbocycles. The van der Waals surface area contributed by atoms with Gasteiger partial charge < -0.3 is 9.47 Å². The van der Waals surface area contributed by atoms with Crippen molar-refractivity contribution in [3.8, 4) is 5.69 Å². The van der Waals surface area contributed by atoms with Gasteiger partial charge in [-0.3, -0.25) is 14.5 Å². The minimum atomic E-state index is -0.274. The first-order valence-corrected chi connectivity index (χ1v) is 9.84. The zero-order valence-corrected chi connectivity index (χ0v) is 17.1. The number of nitrogens with zero attached hydrogens (tertiary/aromatic N) is 3. The normalized spacial score (nSPS) is 13.2. The van der Waals surface area contributed by atoms with E-state index in [-0.39, 0.29) is 11.8 Å². The highest BCUT2D eigenvalue weighted by Crippen LogP contribution is 2.40. The zero-order chi connectivity index (χ0) is 21.0. The molecule has 0 saturated carbocycles. The molecule has 0 atom stereocenters. The molecule has 30 heavy (non-hydrogen) atoms. The Labute approximate surface area is 174 Å². The number of rotatable bonds is 3. The molecule has 5 heteroatoms. The van der Waals surface area contributed by atoms with Crippen molar-refractivity contribution in [2.45, 2.75) is 6.92 Å². The number of hydrogen-bond donors (Lipinski definition) is 0. The smallest absolute Gasteiger partial charge is 0.263 e. The van der Waals surface area contributed by atoms with Crippen molar-refractivity contribution < 1.29 is 9.59 Å². The van der Waals surface area contributed by atoms with Crippen molar-refractivity contribution in [1.29, 1.82) is 0 Å². The van der Waals surface area contributed by atoms with Gasteiger partial charge in [0, 0.05) is 26.0 Å². The third-order valence-electron chi connectivity index (χ3n) is 5.88. The Morgan fingerprint density at radius 3 is 2.37 bits per heavy atom. The molecule has 4 aromatic rings. The number of hydrogen-bond acceptors (Lipinski definition) is 3. The van der Waals surface area contributed by atoms with Crippen molar-refractivity contribution in [2.24, 2.45) is 0 Å². The van der Waals surface area contributed by atoms with Crippen molar-refractivity contribution >= 4 is 34.1 Å². The molecule has 1 aliphatic rings. The van der Waals surface area contributed by atoms with E-state index in [1.54, 1.807) is 6.07 Å². The second-order valence-corrected chi connectivity index (χ2v) is 7.62. The van der Waals surface area contributed by atoms with Gasteiger partial charge >= 0.3 is 0 Å². The number of amides is 2. The van der Waals surface area contributed by atoms with E-state index >= 15 is 0 Å². The van der Waals surface area contributed by atoms with Crippen molar-refractivity contribution in [3.63, 3.8) is 0 Å². The highest BCUT2D eigenvalue weighted by molar-refractivity contribution is 6.24. The van der Waals surface area contributed by atoms with Gasteiger partial charge in [0.15, 0.2) is 0 Å². The van der Waals surface area contributed by atoms with Crippen LogP contribution in [0.1, 0.15) is 26.3 Å². The molecule has 3 aromatic carbocycles. The third-order valence-corrected chi connectivity index (χ3v) is 5.88. The minimum Gasteiger partial charge on any atom is -0.342 e. The molecule has 1 aliphatic heterocycles. The van der Waals surface area contributed by atoms with Crippen LogP contribution >= 0.6 is 0 Å². The first-order valence-electron chi connectivity index (χ1n) is 9.84. The maximum Gasteiger partial charge on any atom is 0.263 e. The topological polar surface area (TPSA) is 45.6 Å². The summed E-state index contributed by atoms with van der Waals surface area (Å²) in [5.74, 6) is -0.540. The minimum absolute atomic E-state index is 0.265. The van der Waals surface area contributed by atoms with E-state index in [0.29, 0.717) is 11.1 Å². The molecule has 148 valence electrons. The van der Waals surface area contributed by atoms with Gasteiger partial charge in [0.2, 0.25) is 0 Å². The first-order chi connectivity index (χ1) is 14.5. The highest BCUT2D eigenvalue weighted by Gasteiger charge is 2.37. The van der Waals surface area contributed by atoms with Gasteiger partial charge in [-0.25, -0.2) is 0 Å². The summed E-state index contributed by atoms with van der Waals surface area (Å²) in [6, 6.07) is 21.9. The number of carbonyl (C=O) groups excluding carboxylic acids is 2. The van der Waals surface area contributed by atoms with Crippen LogP contribution in [0.15, 0.2) is 72.9 Å². The lowest BCUT2D eigenvalue weighted by Gasteiger charge is -2.27. The zero-order valence-electron chi connectivity index (χ0n) is 17.1. The average Bonchev–Trinajstić information content (AvgIpc) is 3.28. The largest absolute Gasteiger partial charge is 0.342 e. The molecule has 0 radical (unpaired) electrons. The van der Waals surface area contributed by atoms with Crippen LogP contribution in [-0.4, -0.2) is 35.4 Å². The number of para-hydroxylation sites is 2. The van der Waals surface area contributed by atoms with Gasteiger partial charge in [-0.1, -0.05) is 36.4 Å². The number of anilines is 2. The summed E-state index contributed by atoms with van der Waals surface area (Å²) in [5.41, 5.74) is 5.59. The fourth-order valence-electron chi connectivity index (χ4n) is 4.30. The molecule has 1 aromatic heterocycles. The molecule has 0 unspecified atom stereocenters. The molecule has 5 rings (SSSR count). The molecule has 0 fully saturated rings. The molecule has 0 saturated heterocycles. The summed E-state index contributed by atoms with van der Waals surface area (Å²) in [7, 11) is 3.48. The maximum absolute atomic E-state index is 13.1. The van der Waals surface area contributed by atoms with E-state index in [1.165, 1.54) is 11.9 Å². The number of benzene rings is 3. The van der Waals surface area contributed by atoms with Crippen LogP contribution in [0.25, 0.3) is 16.6 Å². The van der Waals surface area contributed by atoms with Crippen molar-refractivity contribution in [3.05, 3.63) is 89.6 Å².